The zero-order valence-corrected chi connectivity index (χ0v) is 48.6. The average molecular weight is 1130 g/mol. The zero-order valence-electron chi connectivity index (χ0n) is 36.6. The Labute approximate surface area is 419 Å². The number of allylic oxidation sites excluding steroid dienone is 2. The van der Waals surface area contributed by atoms with Crippen LogP contribution in [0.25, 0.3) is 34.4 Å². The Balaban J connectivity index is 0.00000422. The van der Waals surface area contributed by atoms with Gasteiger partial charge in [-0.1, -0.05) is 0 Å². The van der Waals surface area contributed by atoms with E-state index < -0.39 is 29.4 Å². The van der Waals surface area contributed by atoms with Crippen LogP contribution < -0.4 is 0 Å². The molecule has 0 nitrogen and oxygen atoms in total. The first-order chi connectivity index (χ1) is 28.8. The summed E-state index contributed by atoms with van der Waals surface area (Å²) in [5, 5.41) is 0. The summed E-state index contributed by atoms with van der Waals surface area (Å²) in [7, 11) is 0. The normalized spacial score (nSPS) is 16.2. The van der Waals surface area contributed by atoms with Crippen LogP contribution in [-0.2, 0) is 17.4 Å². The topological polar surface area (TPSA) is 0 Å². The molecule has 0 fully saturated rings. The minimum absolute atomic E-state index is 0. The van der Waals surface area contributed by atoms with E-state index in [1.807, 2.05) is 0 Å². The molecule has 0 amide bonds. The van der Waals surface area contributed by atoms with E-state index in [1.54, 1.807) is 22.3 Å². The van der Waals surface area contributed by atoms with Gasteiger partial charge in [-0.2, -0.15) is 0 Å². The summed E-state index contributed by atoms with van der Waals surface area (Å²) in [5.41, 5.74) is 15.0. The molecule has 12 heteroatoms. The number of rotatable bonds is 24. The summed E-state index contributed by atoms with van der Waals surface area (Å²) in [6, 6.07) is 33.2. The quantitative estimate of drug-likeness (QED) is 0.0373. The second-order valence-electron chi connectivity index (χ2n) is 18.0. The zero-order chi connectivity index (χ0) is 42.8. The van der Waals surface area contributed by atoms with Crippen LogP contribution in [0.1, 0.15) is 133 Å². The summed E-state index contributed by atoms with van der Waals surface area (Å²) >= 11 is 33.3. The van der Waals surface area contributed by atoms with Gasteiger partial charge in [0.2, 0.25) is 0 Å². The molecule has 0 aromatic heterocycles. The van der Waals surface area contributed by atoms with E-state index in [0.29, 0.717) is 7.25 Å². The minimum atomic E-state index is -4.18. The van der Waals surface area contributed by atoms with Crippen LogP contribution in [0.3, 0.4) is 0 Å². The van der Waals surface area contributed by atoms with Gasteiger partial charge < -0.3 is 0 Å². The van der Waals surface area contributed by atoms with Gasteiger partial charge in [0.25, 0.3) is 0 Å². The van der Waals surface area contributed by atoms with Crippen molar-refractivity contribution in [1.82, 2.24) is 0 Å². The maximum atomic E-state index is 6.25. The molecule has 4 aromatic rings. The third-order valence-electron chi connectivity index (χ3n) is 13.9. The van der Waals surface area contributed by atoms with E-state index in [4.69, 9.17) is 66.5 Å². The Kier molecular flexibility index (Phi) is 22.1. The fraction of sp³-hybridized carbons (Fsp3) is 0.440. The molecule has 2 atom stereocenters. The van der Waals surface area contributed by atoms with Crippen molar-refractivity contribution in [3.05, 3.63) is 130 Å². The van der Waals surface area contributed by atoms with Crippen LogP contribution >= 0.6 is 91.3 Å². The van der Waals surface area contributed by atoms with Crippen molar-refractivity contribution >= 4 is 122 Å². The van der Waals surface area contributed by atoms with Gasteiger partial charge in [0.05, 0.1) is 0 Å². The van der Waals surface area contributed by atoms with Crippen molar-refractivity contribution in [2.24, 2.45) is 0 Å². The molecular weight excluding hydrogens is 1060 g/mol. The predicted octanol–water partition coefficient (Wildman–Crippen LogP) is 19.3. The van der Waals surface area contributed by atoms with E-state index in [1.165, 1.54) is 93.0 Å². The van der Waals surface area contributed by atoms with Crippen LogP contribution in [0.4, 0.5) is 0 Å². The van der Waals surface area contributed by atoms with Crippen molar-refractivity contribution in [3.63, 3.8) is 0 Å². The van der Waals surface area contributed by atoms with Gasteiger partial charge in [0.1, 0.15) is 0 Å². The number of hydrogen-bond donors (Lipinski definition) is 0. The monoisotopic (exact) mass is 1120 g/mol. The van der Waals surface area contributed by atoms with Crippen LogP contribution in [0, 0.1) is 0 Å². The SMILES string of the molecule is CCC1=Cc2c(-c3ccccc3)cccc2[CH]1[Zr](=[SiH2])([CH2]CCCCCCC[Si](Cl)(Cl)Cl)([CH2]CCCCCCC[Si](Cl)(Cl)Cl)[CH]1C(CC)=Cc2c(-c3ccccc3)cccc21.Cl.Cl. The molecule has 0 radical (unpaired) electrons. The van der Waals surface area contributed by atoms with Gasteiger partial charge in [-0.3, -0.25) is 0 Å². The molecular formula is C50H66Cl8Si3Zr. The third kappa shape index (κ3) is 13.7. The molecule has 62 heavy (non-hydrogen) atoms. The van der Waals surface area contributed by atoms with E-state index in [2.05, 4.69) is 130 Å². The first-order valence-electron chi connectivity index (χ1n) is 22.7. The Hall–Kier alpha value is 0.214. The Bertz CT molecular complexity index is 2010. The summed E-state index contributed by atoms with van der Waals surface area (Å²) in [5.74, 6) is 0. The van der Waals surface area contributed by atoms with Gasteiger partial charge in [-0.25, -0.2) is 0 Å². The Morgan fingerprint density at radius 2 is 0.790 bits per heavy atom. The van der Waals surface area contributed by atoms with E-state index in [0.717, 1.165) is 50.6 Å². The van der Waals surface area contributed by atoms with Crippen molar-refractivity contribution < 1.29 is 17.4 Å². The van der Waals surface area contributed by atoms with Crippen LogP contribution in [0.5, 0.6) is 0 Å². The second kappa shape index (κ2) is 25.0. The first kappa shape index (κ1) is 54.8. The second-order valence-corrected chi connectivity index (χ2v) is 63.1. The molecule has 2 aliphatic carbocycles. The Morgan fingerprint density at radius 3 is 1.13 bits per heavy atom. The number of benzene rings is 4. The largest absolute Gasteiger partial charge is 0.147 e. The molecule has 2 aliphatic rings. The fourth-order valence-corrected chi connectivity index (χ4v) is 45.2. The molecule has 0 heterocycles. The fourth-order valence-electron chi connectivity index (χ4n) is 11.2. The third-order valence-corrected chi connectivity index (χ3v) is 47.2. The maximum Gasteiger partial charge on any atom is -0.147 e. The van der Waals surface area contributed by atoms with E-state index in [-0.39, 0.29) is 24.8 Å². The predicted molar refractivity (Wildman–Crippen MR) is 290 cm³/mol. The summed E-state index contributed by atoms with van der Waals surface area (Å²) in [6.45, 7) is 7.51. The molecule has 0 saturated carbocycles. The first-order valence-corrected chi connectivity index (χ1v) is 45.4. The molecule has 6 rings (SSSR count). The van der Waals surface area contributed by atoms with Gasteiger partial charge >= 0.3 is 399 Å². The molecule has 4 aromatic carbocycles. The number of halogens is 8. The Morgan fingerprint density at radius 1 is 0.452 bits per heavy atom. The number of hydrogen-bond acceptors (Lipinski definition) is 0. The van der Waals surface area contributed by atoms with Crippen molar-refractivity contribution in [1.29, 1.82) is 0 Å². The number of unbranched alkanes of at least 4 members (excludes halogenated alkanes) is 10. The van der Waals surface area contributed by atoms with Crippen LogP contribution in [-0.4, -0.2) is 18.9 Å². The minimum Gasteiger partial charge on any atom is -0.147 e. The number of fused-ring (bicyclic) bond motifs is 2. The van der Waals surface area contributed by atoms with Gasteiger partial charge in [-0.05, 0) is 0 Å². The molecule has 0 N–H and O–H groups in total. The molecule has 2 unspecified atom stereocenters. The van der Waals surface area contributed by atoms with Crippen molar-refractivity contribution in [3.8, 4) is 22.3 Å². The molecule has 0 saturated heterocycles. The molecule has 0 spiro atoms. The summed E-state index contributed by atoms with van der Waals surface area (Å²) in [6.07, 6.45) is 21.9. The van der Waals surface area contributed by atoms with Crippen molar-refractivity contribution in [2.45, 2.75) is 131 Å². The van der Waals surface area contributed by atoms with E-state index in [9.17, 15) is 0 Å². The van der Waals surface area contributed by atoms with E-state index >= 15 is 0 Å². The smallest absolute Gasteiger partial charge is 0.147 e. The van der Waals surface area contributed by atoms with Gasteiger partial charge in [0.15, 0.2) is 0 Å². The summed E-state index contributed by atoms with van der Waals surface area (Å²) in [4.78, 5) is 0. The average Bonchev–Trinajstić information content (AvgIpc) is 3.83. The summed E-state index contributed by atoms with van der Waals surface area (Å²) < 4.78 is 3.76. The van der Waals surface area contributed by atoms with Crippen LogP contribution in [0.2, 0.25) is 20.3 Å². The van der Waals surface area contributed by atoms with Gasteiger partial charge in [0, 0.05) is 0 Å². The van der Waals surface area contributed by atoms with Gasteiger partial charge in [-0.15, -0.1) is 24.8 Å². The molecule has 0 bridgehead atoms. The van der Waals surface area contributed by atoms with Crippen LogP contribution in [0.15, 0.2) is 108 Å². The molecule has 0 aliphatic heterocycles. The molecule has 338 valence electrons. The standard InChI is InChI=1S/2C17H15.2C8H16Cl3Si.2ClH.H2Si.Zr/c2*1-2-13-11-15-9-6-10-16(17(15)12-13)14-7-4-3-5-8-14;2*1-2-3-4-5-6-7-8-12(9,10)11;;;;/h2*3-12H,2H2,1H3;2*1-8H2;2*1H;1H2;. The maximum absolute atomic E-state index is 6.25. The van der Waals surface area contributed by atoms with Crippen molar-refractivity contribution in [2.75, 3.05) is 0 Å².